The van der Waals surface area contributed by atoms with Gasteiger partial charge in [0.25, 0.3) is 0 Å². The first-order valence-electron chi connectivity index (χ1n) is 7.29. The van der Waals surface area contributed by atoms with Crippen molar-refractivity contribution in [3.8, 4) is 0 Å². The molecule has 6 aliphatic rings. The molecule has 6 bridgehead atoms. The molecule has 2 saturated heterocycles. The molecule has 5 atom stereocenters. The minimum absolute atomic E-state index is 0.0466. The molecule has 0 spiro atoms. The summed E-state index contributed by atoms with van der Waals surface area (Å²) in [4.78, 5) is 11.6. The van der Waals surface area contributed by atoms with Crippen molar-refractivity contribution in [3.05, 3.63) is 30.3 Å². The zero-order valence-electron chi connectivity index (χ0n) is 11.4. The molecule has 0 aromatic heterocycles. The SMILES string of the molecule is CC(=O)OC1C2C3C2C2C1C3N2S(=O)(=O)c1ccccc1. The van der Waals surface area contributed by atoms with E-state index in [1.165, 1.54) is 6.92 Å². The topological polar surface area (TPSA) is 63.7 Å². The number of ether oxygens (including phenoxy) is 1. The number of rotatable bonds is 3. The molecule has 0 N–H and O–H groups in total. The van der Waals surface area contributed by atoms with Gasteiger partial charge in [0, 0.05) is 30.8 Å². The molecule has 6 fully saturated rings. The lowest BCUT2D eigenvalue weighted by molar-refractivity contribution is -0.150. The molecule has 2 aliphatic heterocycles. The van der Waals surface area contributed by atoms with Crippen molar-refractivity contribution in [2.75, 3.05) is 0 Å². The van der Waals surface area contributed by atoms with E-state index in [1.54, 1.807) is 28.6 Å². The summed E-state index contributed by atoms with van der Waals surface area (Å²) in [5, 5.41) is 0. The first kappa shape index (κ1) is 12.2. The Morgan fingerprint density at radius 1 is 1.05 bits per heavy atom. The van der Waals surface area contributed by atoms with E-state index in [-0.39, 0.29) is 30.1 Å². The summed E-state index contributed by atoms with van der Waals surface area (Å²) in [5.74, 6) is 1.23. The number of carbonyl (C=O) groups excluding carboxylic acids is 1. The molecule has 0 radical (unpaired) electrons. The van der Waals surface area contributed by atoms with Gasteiger partial charge in [-0.3, -0.25) is 4.79 Å². The van der Waals surface area contributed by atoms with Crippen molar-refractivity contribution >= 4 is 16.0 Å². The Labute approximate surface area is 122 Å². The Kier molecular flexibility index (Phi) is 2.03. The third kappa shape index (κ3) is 1.23. The van der Waals surface area contributed by atoms with Crippen LogP contribution in [0.1, 0.15) is 6.92 Å². The molecule has 4 saturated carbocycles. The van der Waals surface area contributed by atoms with Gasteiger partial charge in [-0.2, -0.15) is 4.31 Å². The highest BCUT2D eigenvalue weighted by atomic mass is 32.2. The molecular formula is C15H15NO4S. The summed E-state index contributed by atoms with van der Waals surface area (Å²) in [7, 11) is -3.41. The highest BCUT2D eigenvalue weighted by Crippen LogP contribution is 2.80. The predicted octanol–water partition coefficient (Wildman–Crippen LogP) is 0.865. The Morgan fingerprint density at radius 3 is 2.24 bits per heavy atom. The first-order valence-corrected chi connectivity index (χ1v) is 8.73. The van der Waals surface area contributed by atoms with Gasteiger partial charge in [0.15, 0.2) is 0 Å². The van der Waals surface area contributed by atoms with Crippen LogP contribution in [0.2, 0.25) is 0 Å². The molecule has 5 unspecified atom stereocenters. The maximum atomic E-state index is 12.8. The number of benzene rings is 1. The van der Waals surface area contributed by atoms with Crippen molar-refractivity contribution in [3.63, 3.8) is 0 Å². The fraction of sp³-hybridized carbons (Fsp3) is 0.533. The second-order valence-electron chi connectivity index (χ2n) is 6.51. The van der Waals surface area contributed by atoms with E-state index in [9.17, 15) is 13.2 Å². The number of piperidine rings is 1. The van der Waals surface area contributed by atoms with Gasteiger partial charge >= 0.3 is 5.97 Å². The van der Waals surface area contributed by atoms with Crippen LogP contribution in [0, 0.1) is 23.7 Å². The lowest BCUT2D eigenvalue weighted by Crippen LogP contribution is -2.61. The molecule has 6 heteroatoms. The van der Waals surface area contributed by atoms with Crippen molar-refractivity contribution in [1.82, 2.24) is 4.31 Å². The maximum Gasteiger partial charge on any atom is 0.302 e. The lowest BCUT2D eigenvalue weighted by atomic mass is 9.92. The quantitative estimate of drug-likeness (QED) is 0.777. The fourth-order valence-corrected chi connectivity index (χ4v) is 7.20. The van der Waals surface area contributed by atoms with E-state index in [4.69, 9.17) is 4.74 Å². The summed E-state index contributed by atoms with van der Waals surface area (Å²) in [6.45, 7) is 1.43. The van der Waals surface area contributed by atoms with Gasteiger partial charge in [-0.1, -0.05) is 18.2 Å². The predicted molar refractivity (Wildman–Crippen MR) is 72.6 cm³/mol. The van der Waals surface area contributed by atoms with Crippen LogP contribution < -0.4 is 0 Å². The van der Waals surface area contributed by atoms with Crippen LogP contribution in [0.5, 0.6) is 0 Å². The normalized spacial score (nSPS) is 45.3. The Morgan fingerprint density at radius 2 is 1.67 bits per heavy atom. The molecule has 21 heavy (non-hydrogen) atoms. The molecule has 5 nitrogen and oxygen atoms in total. The highest BCUT2D eigenvalue weighted by Gasteiger charge is 2.89. The average Bonchev–Trinajstić information content (AvgIpc) is 2.67. The average molecular weight is 305 g/mol. The van der Waals surface area contributed by atoms with E-state index in [0.29, 0.717) is 22.6 Å². The van der Waals surface area contributed by atoms with Crippen LogP contribution in [0.3, 0.4) is 0 Å². The van der Waals surface area contributed by atoms with E-state index in [0.717, 1.165) is 0 Å². The van der Waals surface area contributed by atoms with Crippen LogP contribution in [0.25, 0.3) is 0 Å². The van der Waals surface area contributed by atoms with E-state index in [2.05, 4.69) is 0 Å². The molecule has 4 aliphatic carbocycles. The monoisotopic (exact) mass is 305 g/mol. The van der Waals surface area contributed by atoms with Gasteiger partial charge < -0.3 is 4.74 Å². The minimum atomic E-state index is -3.41. The molecule has 1 aromatic carbocycles. The summed E-state index contributed by atoms with van der Waals surface area (Å²) in [5.41, 5.74) is 0. The van der Waals surface area contributed by atoms with E-state index in [1.807, 2.05) is 6.07 Å². The Hall–Kier alpha value is -1.40. The zero-order valence-corrected chi connectivity index (χ0v) is 12.2. The molecule has 2 heterocycles. The molecule has 7 rings (SSSR count). The largest absolute Gasteiger partial charge is 0.462 e. The summed E-state index contributed by atoms with van der Waals surface area (Å²) in [6, 6.07) is 8.71. The van der Waals surface area contributed by atoms with Gasteiger partial charge in [0.2, 0.25) is 10.0 Å². The van der Waals surface area contributed by atoms with Crippen LogP contribution >= 0.6 is 0 Å². The fourth-order valence-electron chi connectivity index (χ4n) is 5.25. The summed E-state index contributed by atoms with van der Waals surface area (Å²) < 4.78 is 32.6. The highest BCUT2D eigenvalue weighted by molar-refractivity contribution is 7.89. The smallest absolute Gasteiger partial charge is 0.302 e. The molecule has 0 amide bonds. The standard InChI is InChI=1S/C15H15NO4S/c1-7(17)20-15-11-9-10(11)14-12(15)13(9)16(14)21(18,19)8-5-3-2-4-6-8/h2-6,9-15H,1H3. The van der Waals surface area contributed by atoms with Gasteiger partial charge in [0.1, 0.15) is 6.10 Å². The van der Waals surface area contributed by atoms with Crippen molar-refractivity contribution < 1.29 is 17.9 Å². The number of hydrogen-bond donors (Lipinski definition) is 0. The number of carbonyl (C=O) groups is 1. The summed E-state index contributed by atoms with van der Waals surface area (Å²) >= 11 is 0. The van der Waals surface area contributed by atoms with E-state index >= 15 is 0 Å². The van der Waals surface area contributed by atoms with E-state index < -0.39 is 10.0 Å². The van der Waals surface area contributed by atoms with Crippen molar-refractivity contribution in [1.29, 1.82) is 0 Å². The third-order valence-electron chi connectivity index (χ3n) is 5.74. The molecular weight excluding hydrogens is 290 g/mol. The van der Waals surface area contributed by atoms with Crippen molar-refractivity contribution in [2.24, 2.45) is 23.7 Å². The first-order chi connectivity index (χ1) is 10.0. The summed E-state index contributed by atoms with van der Waals surface area (Å²) in [6.07, 6.45) is -0.0466. The van der Waals surface area contributed by atoms with Gasteiger partial charge in [0.05, 0.1) is 4.90 Å². The molecule has 1 aromatic rings. The van der Waals surface area contributed by atoms with Crippen molar-refractivity contribution in [2.45, 2.75) is 30.0 Å². The van der Waals surface area contributed by atoms with Gasteiger partial charge in [-0.05, 0) is 24.0 Å². The maximum absolute atomic E-state index is 12.8. The molecule has 110 valence electrons. The number of esters is 1. The van der Waals surface area contributed by atoms with Crippen LogP contribution in [-0.2, 0) is 19.6 Å². The minimum Gasteiger partial charge on any atom is -0.462 e. The zero-order chi connectivity index (χ0) is 14.5. The number of sulfonamides is 1. The number of nitrogens with zero attached hydrogens (tertiary/aromatic N) is 1. The van der Waals surface area contributed by atoms with Gasteiger partial charge in [-0.15, -0.1) is 0 Å². The Balaban J connectivity index is 1.46. The number of hydrogen-bond acceptors (Lipinski definition) is 4. The van der Waals surface area contributed by atoms with Gasteiger partial charge in [-0.25, -0.2) is 8.42 Å². The van der Waals surface area contributed by atoms with Crippen LogP contribution in [0.4, 0.5) is 0 Å². The second kappa shape index (κ2) is 3.50. The van der Waals surface area contributed by atoms with Crippen LogP contribution in [-0.4, -0.2) is 36.9 Å². The lowest BCUT2D eigenvalue weighted by Gasteiger charge is -2.46. The second-order valence-corrected chi connectivity index (χ2v) is 8.36. The third-order valence-corrected chi connectivity index (χ3v) is 7.65. The van der Waals surface area contributed by atoms with Crippen LogP contribution in [0.15, 0.2) is 35.2 Å². The Bertz CT molecular complexity index is 728.